The molecular formula is C18H31N3. The van der Waals surface area contributed by atoms with Crippen LogP contribution in [0, 0.1) is 0 Å². The van der Waals surface area contributed by atoms with Crippen molar-refractivity contribution in [2.45, 2.75) is 46.2 Å². The molecule has 2 rings (SSSR count). The van der Waals surface area contributed by atoms with Crippen molar-refractivity contribution in [2.75, 3.05) is 37.6 Å². The Morgan fingerprint density at radius 3 is 2.10 bits per heavy atom. The van der Waals surface area contributed by atoms with Gasteiger partial charge in [-0.3, -0.25) is 0 Å². The van der Waals surface area contributed by atoms with Crippen molar-refractivity contribution in [2.24, 2.45) is 0 Å². The largest absolute Gasteiger partial charge is 0.369 e. The van der Waals surface area contributed by atoms with E-state index in [1.54, 1.807) is 0 Å². The third-order valence-corrected chi connectivity index (χ3v) is 4.23. The number of hydrogen-bond donors (Lipinski definition) is 1. The van der Waals surface area contributed by atoms with E-state index < -0.39 is 0 Å². The van der Waals surface area contributed by atoms with Crippen LogP contribution in [0.25, 0.3) is 0 Å². The first-order valence-electron chi connectivity index (χ1n) is 8.24. The summed E-state index contributed by atoms with van der Waals surface area (Å²) in [5, 5.41) is 3.63. The third kappa shape index (κ3) is 4.72. The van der Waals surface area contributed by atoms with Gasteiger partial charge in [-0.15, -0.1) is 0 Å². The molecule has 0 radical (unpaired) electrons. The molecule has 1 N–H and O–H groups in total. The van der Waals surface area contributed by atoms with Gasteiger partial charge < -0.3 is 15.1 Å². The maximum atomic E-state index is 3.63. The van der Waals surface area contributed by atoms with Crippen LogP contribution in [0.5, 0.6) is 0 Å². The molecule has 0 saturated carbocycles. The molecule has 1 aliphatic heterocycles. The fraction of sp³-hybridized carbons (Fsp3) is 0.667. The first kappa shape index (κ1) is 16.3. The van der Waals surface area contributed by atoms with Crippen molar-refractivity contribution in [3.63, 3.8) is 0 Å². The summed E-state index contributed by atoms with van der Waals surface area (Å²) in [4.78, 5) is 5.01. The molecule has 118 valence electrons. The lowest BCUT2D eigenvalue weighted by atomic mass is 10.0. The van der Waals surface area contributed by atoms with Crippen LogP contribution in [0.4, 0.5) is 5.69 Å². The van der Waals surface area contributed by atoms with Crippen LogP contribution < -0.4 is 10.2 Å². The zero-order valence-corrected chi connectivity index (χ0v) is 14.3. The molecule has 1 saturated heterocycles. The van der Waals surface area contributed by atoms with E-state index in [1.807, 2.05) is 0 Å². The summed E-state index contributed by atoms with van der Waals surface area (Å²) in [6.45, 7) is 16.9. The lowest BCUT2D eigenvalue weighted by Crippen LogP contribution is -2.46. The highest BCUT2D eigenvalue weighted by molar-refractivity contribution is 5.48. The van der Waals surface area contributed by atoms with Gasteiger partial charge >= 0.3 is 0 Å². The molecule has 21 heavy (non-hydrogen) atoms. The third-order valence-electron chi connectivity index (χ3n) is 4.23. The van der Waals surface area contributed by atoms with Crippen LogP contribution >= 0.6 is 0 Å². The van der Waals surface area contributed by atoms with Gasteiger partial charge in [-0.25, -0.2) is 0 Å². The number of anilines is 1. The van der Waals surface area contributed by atoms with E-state index >= 15 is 0 Å². The Hall–Kier alpha value is -1.06. The van der Waals surface area contributed by atoms with Crippen LogP contribution in [0.3, 0.4) is 0 Å². The maximum Gasteiger partial charge on any atom is 0.0367 e. The van der Waals surface area contributed by atoms with Gasteiger partial charge in [0.05, 0.1) is 0 Å². The van der Waals surface area contributed by atoms with Crippen molar-refractivity contribution >= 4 is 5.69 Å². The average Bonchev–Trinajstić information content (AvgIpc) is 2.46. The summed E-state index contributed by atoms with van der Waals surface area (Å²) in [7, 11) is 0. The Bertz CT molecular complexity index is 425. The monoisotopic (exact) mass is 289 g/mol. The zero-order valence-electron chi connectivity index (χ0n) is 14.3. The first-order chi connectivity index (χ1) is 9.89. The molecule has 0 amide bonds. The molecule has 0 aliphatic carbocycles. The van der Waals surface area contributed by atoms with E-state index in [0.717, 1.165) is 13.1 Å². The molecule has 3 heteroatoms. The van der Waals surface area contributed by atoms with Crippen LogP contribution in [-0.2, 0) is 0 Å². The SMILES string of the molecule is CCN1CCN(c2ccc([C@@H](C)NC(C)(C)C)cc2)CC1. The fourth-order valence-corrected chi connectivity index (χ4v) is 3.03. The molecule has 1 aliphatic rings. The van der Waals surface area contributed by atoms with Crippen molar-refractivity contribution in [1.82, 2.24) is 10.2 Å². The molecule has 0 aromatic heterocycles. The predicted molar refractivity (Wildman–Crippen MR) is 92.1 cm³/mol. The number of nitrogens with zero attached hydrogens (tertiary/aromatic N) is 2. The summed E-state index contributed by atoms with van der Waals surface area (Å²) in [6, 6.07) is 9.47. The molecule has 1 aromatic rings. The van der Waals surface area contributed by atoms with Crippen LogP contribution in [0.15, 0.2) is 24.3 Å². The maximum absolute atomic E-state index is 3.63. The minimum Gasteiger partial charge on any atom is -0.369 e. The average molecular weight is 289 g/mol. The molecule has 0 unspecified atom stereocenters. The molecule has 0 spiro atoms. The Kier molecular flexibility index (Phi) is 5.28. The van der Waals surface area contributed by atoms with Gasteiger partial charge in [0.25, 0.3) is 0 Å². The van der Waals surface area contributed by atoms with Crippen LogP contribution in [0.2, 0.25) is 0 Å². The van der Waals surface area contributed by atoms with Gasteiger partial charge in [0.15, 0.2) is 0 Å². The van der Waals surface area contributed by atoms with E-state index in [0.29, 0.717) is 6.04 Å². The Morgan fingerprint density at radius 2 is 1.62 bits per heavy atom. The molecule has 1 heterocycles. The lowest BCUT2D eigenvalue weighted by molar-refractivity contribution is 0.271. The minimum atomic E-state index is 0.147. The van der Waals surface area contributed by atoms with E-state index in [2.05, 4.69) is 74.0 Å². The molecule has 1 fully saturated rings. The van der Waals surface area contributed by atoms with Gasteiger partial charge in [0, 0.05) is 43.4 Å². The molecule has 1 atom stereocenters. The van der Waals surface area contributed by atoms with Crippen molar-refractivity contribution in [1.29, 1.82) is 0 Å². The highest BCUT2D eigenvalue weighted by atomic mass is 15.3. The van der Waals surface area contributed by atoms with Crippen molar-refractivity contribution < 1.29 is 0 Å². The number of benzene rings is 1. The topological polar surface area (TPSA) is 18.5 Å². The second-order valence-corrected chi connectivity index (χ2v) is 7.13. The highest BCUT2D eigenvalue weighted by Gasteiger charge is 2.17. The summed E-state index contributed by atoms with van der Waals surface area (Å²) >= 11 is 0. The quantitative estimate of drug-likeness (QED) is 0.917. The van der Waals surface area contributed by atoms with Gasteiger partial charge in [0.1, 0.15) is 0 Å². The summed E-state index contributed by atoms with van der Waals surface area (Å²) in [5.41, 5.74) is 2.87. The Balaban J connectivity index is 1.96. The smallest absolute Gasteiger partial charge is 0.0367 e. The standard InChI is InChI=1S/C18H31N3/c1-6-20-11-13-21(14-12-20)17-9-7-16(8-10-17)15(2)19-18(3,4)5/h7-10,15,19H,6,11-14H2,1-5H3/t15-/m1/s1. The number of likely N-dealkylation sites (N-methyl/N-ethyl adjacent to an activating group) is 1. The summed E-state index contributed by atoms with van der Waals surface area (Å²) < 4.78 is 0. The fourth-order valence-electron chi connectivity index (χ4n) is 3.03. The van der Waals surface area contributed by atoms with E-state index in [9.17, 15) is 0 Å². The van der Waals surface area contributed by atoms with Crippen LogP contribution in [0.1, 0.15) is 46.2 Å². The number of hydrogen-bond acceptors (Lipinski definition) is 3. The van der Waals surface area contributed by atoms with E-state index in [-0.39, 0.29) is 5.54 Å². The number of piperazine rings is 1. The van der Waals surface area contributed by atoms with Gasteiger partial charge in [-0.1, -0.05) is 19.1 Å². The first-order valence-corrected chi connectivity index (χ1v) is 8.24. The lowest BCUT2D eigenvalue weighted by Gasteiger charge is -2.35. The summed E-state index contributed by atoms with van der Waals surface area (Å²) in [5.74, 6) is 0. The number of rotatable bonds is 4. The highest BCUT2D eigenvalue weighted by Crippen LogP contribution is 2.21. The Morgan fingerprint density at radius 1 is 1.05 bits per heavy atom. The molecular weight excluding hydrogens is 258 g/mol. The zero-order chi connectivity index (χ0) is 15.5. The molecule has 1 aromatic carbocycles. The van der Waals surface area contributed by atoms with Crippen LogP contribution in [-0.4, -0.2) is 43.2 Å². The van der Waals surface area contributed by atoms with Crippen molar-refractivity contribution in [3.8, 4) is 0 Å². The second-order valence-electron chi connectivity index (χ2n) is 7.13. The van der Waals surface area contributed by atoms with Gasteiger partial charge in [-0.2, -0.15) is 0 Å². The molecule has 3 nitrogen and oxygen atoms in total. The van der Waals surface area contributed by atoms with Crippen molar-refractivity contribution in [3.05, 3.63) is 29.8 Å². The second kappa shape index (κ2) is 6.80. The Labute approximate surface area is 130 Å². The normalized spacial score (nSPS) is 18.8. The van der Waals surface area contributed by atoms with E-state index in [1.165, 1.54) is 30.9 Å². The van der Waals surface area contributed by atoms with Gasteiger partial charge in [-0.05, 0) is 51.9 Å². The minimum absolute atomic E-state index is 0.147. The van der Waals surface area contributed by atoms with Gasteiger partial charge in [0.2, 0.25) is 0 Å². The van der Waals surface area contributed by atoms with E-state index in [4.69, 9.17) is 0 Å². The predicted octanol–water partition coefficient (Wildman–Crippen LogP) is 3.28. The molecule has 0 bridgehead atoms. The number of nitrogens with one attached hydrogen (secondary N) is 1. The summed E-state index contributed by atoms with van der Waals surface area (Å²) in [6.07, 6.45) is 0.